The zero-order valence-electron chi connectivity index (χ0n) is 26.8. The van der Waals surface area contributed by atoms with Crippen LogP contribution in [-0.4, -0.2) is 76.1 Å². The number of amides is 3. The SMILES string of the molecule is C=CCN(C(=O)[C@@H]1[C@@H]2CCC3(S2)C(C(=O)N(CC=C)c2c(C)cccc2C)N([C@@H](CC)CO)C(=O)[C@H]13)c1ccc(OCC)cc1. The first-order valence-electron chi connectivity index (χ1n) is 15.9. The number of hydrogen-bond acceptors (Lipinski definition) is 6. The number of likely N-dealkylation sites (tertiary alicyclic amines) is 1. The Balaban J connectivity index is 1.58. The highest BCUT2D eigenvalue weighted by atomic mass is 32.2. The number of benzene rings is 2. The predicted octanol–water partition coefficient (Wildman–Crippen LogP) is 5.30. The van der Waals surface area contributed by atoms with Gasteiger partial charge < -0.3 is 24.5 Å². The van der Waals surface area contributed by atoms with E-state index in [9.17, 15) is 19.5 Å². The Morgan fingerprint density at radius 3 is 2.29 bits per heavy atom. The Morgan fingerprint density at radius 2 is 1.71 bits per heavy atom. The number of carbonyl (C=O) groups is 3. The quantitative estimate of drug-likeness (QED) is 0.302. The molecular weight excluding hydrogens is 586 g/mol. The molecule has 3 aliphatic rings. The normalized spacial score (nSPS) is 25.5. The molecule has 3 heterocycles. The number of fused-ring (bicyclic) bond motifs is 1. The van der Waals surface area contributed by atoms with E-state index in [0.717, 1.165) is 23.2 Å². The van der Waals surface area contributed by atoms with Crippen molar-refractivity contribution in [2.45, 2.75) is 69.0 Å². The van der Waals surface area contributed by atoms with E-state index in [1.165, 1.54) is 0 Å². The number of hydrogen-bond donors (Lipinski definition) is 1. The minimum absolute atomic E-state index is 0.0961. The average Bonchev–Trinajstić information content (AvgIpc) is 3.68. The number of nitrogens with zero attached hydrogens (tertiary/aromatic N) is 3. The molecule has 1 N–H and O–H groups in total. The number of thioether (sulfide) groups is 1. The standard InChI is InChI=1S/C36H45N3O5S/c1-7-20-37(26-14-16-27(17-15-26)44-10-4)33(41)29-28-18-19-36(45-28)30(29)34(42)39(25(9-3)22-40)32(36)35(43)38(21-8-2)31-23(5)12-11-13-24(31)6/h7-8,11-17,25,28-30,32,40H,1-2,9-10,18-22H2,3-6H3/t25-,28-,29+,30-,32?,36?/m0/s1. The van der Waals surface area contributed by atoms with Crippen LogP contribution in [0.1, 0.15) is 44.2 Å². The van der Waals surface area contributed by atoms with E-state index in [1.54, 1.807) is 38.6 Å². The summed E-state index contributed by atoms with van der Waals surface area (Å²) in [5.74, 6) is -1.11. The van der Waals surface area contributed by atoms with Gasteiger partial charge >= 0.3 is 0 Å². The molecule has 1 spiro atoms. The summed E-state index contributed by atoms with van der Waals surface area (Å²) in [6.07, 6.45) is 5.27. The van der Waals surface area contributed by atoms with Crippen LogP contribution < -0.4 is 14.5 Å². The summed E-state index contributed by atoms with van der Waals surface area (Å²) in [5, 5.41) is 10.4. The predicted molar refractivity (Wildman–Crippen MR) is 181 cm³/mol. The lowest BCUT2D eigenvalue weighted by atomic mass is 9.70. The molecule has 0 radical (unpaired) electrons. The van der Waals surface area contributed by atoms with Crippen molar-refractivity contribution in [2.75, 3.05) is 36.1 Å². The van der Waals surface area contributed by atoms with Crippen LogP contribution in [0, 0.1) is 25.7 Å². The van der Waals surface area contributed by atoms with Crippen LogP contribution in [0.3, 0.4) is 0 Å². The Hall–Kier alpha value is -3.56. The third kappa shape index (κ3) is 5.48. The van der Waals surface area contributed by atoms with Gasteiger partial charge in [0.05, 0.1) is 35.8 Å². The Labute approximate surface area is 271 Å². The Bertz CT molecular complexity index is 1440. The van der Waals surface area contributed by atoms with Crippen LogP contribution in [-0.2, 0) is 14.4 Å². The average molecular weight is 632 g/mol. The number of ether oxygens (including phenoxy) is 1. The van der Waals surface area contributed by atoms with Crippen LogP contribution in [0.15, 0.2) is 67.8 Å². The Morgan fingerprint density at radius 1 is 1.07 bits per heavy atom. The summed E-state index contributed by atoms with van der Waals surface area (Å²) >= 11 is 1.64. The summed E-state index contributed by atoms with van der Waals surface area (Å²) in [7, 11) is 0. The second-order valence-electron chi connectivity index (χ2n) is 12.2. The topological polar surface area (TPSA) is 90.4 Å². The van der Waals surface area contributed by atoms with Gasteiger partial charge in [0.15, 0.2) is 0 Å². The van der Waals surface area contributed by atoms with Crippen molar-refractivity contribution in [1.82, 2.24) is 4.90 Å². The zero-order chi connectivity index (χ0) is 32.5. The van der Waals surface area contributed by atoms with Crippen LogP contribution >= 0.6 is 11.8 Å². The maximum atomic E-state index is 14.9. The lowest BCUT2D eigenvalue weighted by Crippen LogP contribution is -2.57. The molecule has 45 heavy (non-hydrogen) atoms. The third-order valence-electron chi connectivity index (χ3n) is 9.66. The molecule has 2 aromatic rings. The van der Waals surface area contributed by atoms with Gasteiger partial charge in [-0.25, -0.2) is 0 Å². The molecule has 2 unspecified atom stereocenters. The van der Waals surface area contributed by atoms with Gasteiger partial charge in [0.25, 0.3) is 5.91 Å². The van der Waals surface area contributed by atoms with E-state index in [1.807, 2.05) is 70.2 Å². The highest BCUT2D eigenvalue weighted by Gasteiger charge is 2.74. The van der Waals surface area contributed by atoms with Gasteiger partial charge in [0.2, 0.25) is 11.8 Å². The number of carbonyl (C=O) groups excluding carboxylic acids is 3. The van der Waals surface area contributed by atoms with Gasteiger partial charge in [-0.05, 0) is 75.4 Å². The molecule has 0 aliphatic carbocycles. The van der Waals surface area contributed by atoms with Gasteiger partial charge in [0.1, 0.15) is 11.8 Å². The van der Waals surface area contributed by atoms with E-state index < -0.39 is 28.7 Å². The molecule has 0 saturated carbocycles. The second-order valence-corrected chi connectivity index (χ2v) is 13.8. The first-order chi connectivity index (χ1) is 21.7. The summed E-state index contributed by atoms with van der Waals surface area (Å²) in [6.45, 7) is 16.5. The highest BCUT2D eigenvalue weighted by Crippen LogP contribution is 2.67. The van der Waals surface area contributed by atoms with Crippen LogP contribution in [0.25, 0.3) is 0 Å². The molecule has 2 bridgehead atoms. The minimum Gasteiger partial charge on any atom is -0.494 e. The third-order valence-corrected chi connectivity index (χ3v) is 11.6. The molecule has 3 amide bonds. The van der Waals surface area contributed by atoms with Crippen LogP contribution in [0.2, 0.25) is 0 Å². The fraction of sp³-hybridized carbons (Fsp3) is 0.472. The van der Waals surface area contributed by atoms with E-state index in [2.05, 4.69) is 13.2 Å². The number of rotatable bonds is 13. The molecule has 3 fully saturated rings. The van der Waals surface area contributed by atoms with E-state index in [0.29, 0.717) is 30.9 Å². The van der Waals surface area contributed by atoms with E-state index in [4.69, 9.17) is 4.74 Å². The van der Waals surface area contributed by atoms with Crippen molar-refractivity contribution < 1.29 is 24.2 Å². The first-order valence-corrected chi connectivity index (χ1v) is 16.8. The lowest BCUT2D eigenvalue weighted by Gasteiger charge is -2.40. The minimum atomic E-state index is -0.822. The molecule has 0 aromatic heterocycles. The molecule has 8 nitrogen and oxygen atoms in total. The Kier molecular flexibility index (Phi) is 9.80. The summed E-state index contributed by atoms with van der Waals surface area (Å²) in [5.41, 5.74) is 3.42. The second kappa shape index (κ2) is 13.4. The summed E-state index contributed by atoms with van der Waals surface area (Å²) in [4.78, 5) is 49.2. The fourth-order valence-electron chi connectivity index (χ4n) is 7.78. The molecule has 9 heteroatoms. The van der Waals surface area contributed by atoms with Gasteiger partial charge in [-0.3, -0.25) is 14.4 Å². The number of aryl methyl sites for hydroxylation is 2. The molecule has 3 saturated heterocycles. The maximum Gasteiger partial charge on any atom is 0.251 e. The molecular formula is C36H45N3O5S. The van der Waals surface area contributed by atoms with Crippen molar-refractivity contribution in [2.24, 2.45) is 11.8 Å². The molecule has 2 aromatic carbocycles. The number of anilines is 2. The van der Waals surface area contributed by atoms with Gasteiger partial charge in [-0.2, -0.15) is 0 Å². The van der Waals surface area contributed by atoms with Crippen LogP contribution in [0.5, 0.6) is 5.75 Å². The number of aliphatic hydroxyl groups excluding tert-OH is 1. The van der Waals surface area contributed by atoms with Gasteiger partial charge in [0, 0.05) is 29.7 Å². The maximum absolute atomic E-state index is 14.9. The van der Waals surface area contributed by atoms with Crippen molar-refractivity contribution in [1.29, 1.82) is 0 Å². The molecule has 3 aliphatic heterocycles. The van der Waals surface area contributed by atoms with Crippen molar-refractivity contribution >= 4 is 40.9 Å². The van der Waals surface area contributed by atoms with Crippen molar-refractivity contribution in [3.05, 3.63) is 78.9 Å². The number of para-hydroxylation sites is 1. The highest BCUT2D eigenvalue weighted by molar-refractivity contribution is 8.02. The monoisotopic (exact) mass is 631 g/mol. The zero-order valence-corrected chi connectivity index (χ0v) is 27.6. The largest absolute Gasteiger partial charge is 0.494 e. The first kappa shape index (κ1) is 32.8. The lowest BCUT2D eigenvalue weighted by molar-refractivity contribution is -0.141. The van der Waals surface area contributed by atoms with E-state index in [-0.39, 0.29) is 42.7 Å². The van der Waals surface area contributed by atoms with Crippen molar-refractivity contribution in [3.63, 3.8) is 0 Å². The summed E-state index contributed by atoms with van der Waals surface area (Å²) < 4.78 is 4.82. The summed E-state index contributed by atoms with van der Waals surface area (Å²) in [6, 6.07) is 11.9. The molecule has 6 atom stereocenters. The fourth-order valence-corrected chi connectivity index (χ4v) is 9.97. The van der Waals surface area contributed by atoms with Crippen LogP contribution in [0.4, 0.5) is 11.4 Å². The van der Waals surface area contributed by atoms with Crippen molar-refractivity contribution in [3.8, 4) is 5.75 Å². The molecule has 5 rings (SSSR count). The number of aliphatic hydroxyl groups is 1. The smallest absolute Gasteiger partial charge is 0.251 e. The van der Waals surface area contributed by atoms with E-state index >= 15 is 0 Å². The van der Waals surface area contributed by atoms with Gasteiger partial charge in [-0.15, -0.1) is 24.9 Å². The molecule has 240 valence electrons. The van der Waals surface area contributed by atoms with Gasteiger partial charge in [-0.1, -0.05) is 37.3 Å².